The molecule has 0 aliphatic carbocycles. The molecule has 182 valence electrons. The highest BCUT2D eigenvalue weighted by Gasteiger charge is 2.31. The van der Waals surface area contributed by atoms with Gasteiger partial charge in [-0.2, -0.15) is 0 Å². The third-order valence-corrected chi connectivity index (χ3v) is 8.10. The summed E-state index contributed by atoms with van der Waals surface area (Å²) in [7, 11) is 0. The number of benzene rings is 2. The summed E-state index contributed by atoms with van der Waals surface area (Å²) < 4.78 is 14.0. The number of hydrogen-bond donors (Lipinski definition) is 0. The summed E-state index contributed by atoms with van der Waals surface area (Å²) >= 11 is 7.67. The van der Waals surface area contributed by atoms with E-state index >= 15 is 0 Å². The molecule has 8 heteroatoms. The lowest BCUT2D eigenvalue weighted by atomic mass is 9.93. The van der Waals surface area contributed by atoms with Crippen molar-refractivity contribution in [3.63, 3.8) is 0 Å². The Balaban J connectivity index is 1.19. The third kappa shape index (κ3) is 5.27. The highest BCUT2D eigenvalue weighted by molar-refractivity contribution is 7.10. The minimum atomic E-state index is -0.244. The molecule has 1 saturated heterocycles. The first-order valence-electron chi connectivity index (χ1n) is 11.9. The fraction of sp³-hybridized carbons (Fsp3) is 0.333. The van der Waals surface area contributed by atoms with Crippen molar-refractivity contribution in [1.82, 2.24) is 14.7 Å². The second-order valence-corrected chi connectivity index (χ2v) is 10.4. The van der Waals surface area contributed by atoms with Crippen molar-refractivity contribution in [2.45, 2.75) is 18.9 Å². The summed E-state index contributed by atoms with van der Waals surface area (Å²) in [6.45, 7) is 3.53. The van der Waals surface area contributed by atoms with Crippen molar-refractivity contribution in [3.8, 4) is 0 Å². The van der Waals surface area contributed by atoms with Gasteiger partial charge < -0.3 is 9.80 Å². The van der Waals surface area contributed by atoms with E-state index in [-0.39, 0.29) is 23.7 Å². The zero-order chi connectivity index (χ0) is 24.4. The molecule has 5 nitrogen and oxygen atoms in total. The van der Waals surface area contributed by atoms with Gasteiger partial charge >= 0.3 is 0 Å². The first-order chi connectivity index (χ1) is 17.0. The van der Waals surface area contributed by atoms with Gasteiger partial charge in [0.15, 0.2) is 0 Å². The fourth-order valence-electron chi connectivity index (χ4n) is 5.01. The van der Waals surface area contributed by atoms with E-state index in [0.717, 1.165) is 18.5 Å². The molecule has 35 heavy (non-hydrogen) atoms. The number of nitrogens with zero attached hydrogens (tertiary/aromatic N) is 3. The molecule has 1 fully saturated rings. The van der Waals surface area contributed by atoms with Crippen molar-refractivity contribution in [2.24, 2.45) is 0 Å². The van der Waals surface area contributed by atoms with Crippen LogP contribution in [0.2, 0.25) is 5.02 Å². The Morgan fingerprint density at radius 1 is 0.971 bits per heavy atom. The maximum Gasteiger partial charge on any atom is 0.253 e. The Labute approximate surface area is 213 Å². The number of rotatable bonds is 5. The van der Waals surface area contributed by atoms with Gasteiger partial charge in [0.25, 0.3) is 5.91 Å². The Bertz CT molecular complexity index is 1210. The average Bonchev–Trinajstić information content (AvgIpc) is 3.36. The van der Waals surface area contributed by atoms with E-state index in [2.05, 4.69) is 16.3 Å². The van der Waals surface area contributed by atoms with E-state index in [0.29, 0.717) is 49.7 Å². The summed E-state index contributed by atoms with van der Waals surface area (Å²) in [4.78, 5) is 33.0. The minimum absolute atomic E-state index is 0.0356. The van der Waals surface area contributed by atoms with Crippen molar-refractivity contribution in [1.29, 1.82) is 0 Å². The van der Waals surface area contributed by atoms with Gasteiger partial charge in [-0.25, -0.2) is 4.39 Å². The predicted molar refractivity (Wildman–Crippen MR) is 136 cm³/mol. The molecule has 2 aromatic carbocycles. The molecular formula is C27H27ClFN3O2S. The lowest BCUT2D eigenvalue weighted by Crippen LogP contribution is -2.51. The SMILES string of the molecule is O=C(CCN1CCc2sccc2C1c1cccc(F)c1)N1CCN(C(=O)c2ccc(Cl)cc2)CC1. The smallest absolute Gasteiger partial charge is 0.253 e. The van der Waals surface area contributed by atoms with E-state index < -0.39 is 0 Å². The van der Waals surface area contributed by atoms with Gasteiger partial charge in [0.1, 0.15) is 5.82 Å². The topological polar surface area (TPSA) is 43.9 Å². The van der Waals surface area contributed by atoms with Gasteiger partial charge in [0.05, 0.1) is 6.04 Å². The molecule has 0 saturated carbocycles. The Morgan fingerprint density at radius 2 is 1.71 bits per heavy atom. The van der Waals surface area contributed by atoms with Crippen LogP contribution in [0.15, 0.2) is 60.0 Å². The summed E-state index contributed by atoms with van der Waals surface area (Å²) in [6.07, 6.45) is 1.34. The van der Waals surface area contributed by atoms with E-state index in [1.54, 1.807) is 52.6 Å². The second-order valence-electron chi connectivity index (χ2n) is 8.97. The molecule has 1 atom stereocenters. The van der Waals surface area contributed by atoms with Crippen LogP contribution in [0.1, 0.15) is 38.8 Å². The normalized spacial score (nSPS) is 18.4. The van der Waals surface area contributed by atoms with Crippen LogP contribution in [-0.2, 0) is 11.2 Å². The summed E-state index contributed by atoms with van der Waals surface area (Å²) in [6, 6.07) is 15.8. The average molecular weight is 512 g/mol. The number of carbonyl (C=O) groups is 2. The van der Waals surface area contributed by atoms with E-state index in [9.17, 15) is 14.0 Å². The van der Waals surface area contributed by atoms with E-state index in [1.807, 2.05) is 11.0 Å². The summed E-state index contributed by atoms with van der Waals surface area (Å²) in [5, 5.41) is 2.69. The molecule has 1 aromatic heterocycles. The third-order valence-electron chi connectivity index (χ3n) is 6.85. The lowest BCUT2D eigenvalue weighted by Gasteiger charge is -2.38. The standard InChI is InChI=1S/C27H27ClFN3O2S/c28-21-6-4-19(5-7-21)27(34)32-15-13-30(14-16-32)25(33)9-12-31-11-8-24-23(10-17-35-24)26(31)20-2-1-3-22(29)18-20/h1-7,10,17-18,26H,8-9,11-16H2. The van der Waals surface area contributed by atoms with Crippen LogP contribution in [0, 0.1) is 5.82 Å². The number of amides is 2. The van der Waals surface area contributed by atoms with Crippen molar-refractivity contribution in [3.05, 3.63) is 92.4 Å². The monoisotopic (exact) mass is 511 g/mol. The largest absolute Gasteiger partial charge is 0.339 e. The highest BCUT2D eigenvalue weighted by atomic mass is 35.5. The molecule has 0 spiro atoms. The van der Waals surface area contributed by atoms with Crippen molar-refractivity contribution in [2.75, 3.05) is 39.3 Å². The summed E-state index contributed by atoms with van der Waals surface area (Å²) in [5.74, 6) is -0.184. The molecule has 2 aliphatic heterocycles. The first kappa shape index (κ1) is 24.0. The maximum absolute atomic E-state index is 14.0. The molecule has 3 heterocycles. The molecule has 2 aliphatic rings. The number of hydrogen-bond acceptors (Lipinski definition) is 4. The van der Waals surface area contributed by atoms with Crippen LogP contribution < -0.4 is 0 Å². The molecule has 2 amide bonds. The number of piperazine rings is 1. The number of fused-ring (bicyclic) bond motifs is 1. The predicted octanol–water partition coefficient (Wildman–Crippen LogP) is 4.86. The molecule has 5 rings (SSSR count). The molecule has 0 radical (unpaired) electrons. The van der Waals surface area contributed by atoms with E-state index in [4.69, 9.17) is 11.6 Å². The molecule has 0 bridgehead atoms. The second kappa shape index (κ2) is 10.5. The van der Waals surface area contributed by atoms with Gasteiger partial charge in [-0.15, -0.1) is 11.3 Å². The summed E-state index contributed by atoms with van der Waals surface area (Å²) in [5.41, 5.74) is 2.75. The number of halogens is 2. The van der Waals surface area contributed by atoms with Crippen LogP contribution in [0.25, 0.3) is 0 Å². The number of carbonyl (C=O) groups excluding carboxylic acids is 2. The Morgan fingerprint density at radius 3 is 2.46 bits per heavy atom. The zero-order valence-corrected chi connectivity index (χ0v) is 20.9. The van der Waals surface area contributed by atoms with Crippen LogP contribution >= 0.6 is 22.9 Å². The fourth-order valence-corrected chi connectivity index (χ4v) is 6.04. The molecule has 0 N–H and O–H groups in total. The van der Waals surface area contributed by atoms with Crippen LogP contribution in [0.4, 0.5) is 4.39 Å². The van der Waals surface area contributed by atoms with Gasteiger partial charge in [-0.3, -0.25) is 14.5 Å². The number of thiophene rings is 1. The van der Waals surface area contributed by atoms with Gasteiger partial charge in [0, 0.05) is 61.2 Å². The molecule has 3 aromatic rings. The Hall–Kier alpha value is -2.74. The van der Waals surface area contributed by atoms with Crippen molar-refractivity contribution >= 4 is 34.8 Å². The van der Waals surface area contributed by atoms with Gasteiger partial charge in [-0.05, 0) is 65.4 Å². The Kier molecular flexibility index (Phi) is 7.18. The van der Waals surface area contributed by atoms with E-state index in [1.165, 1.54) is 16.5 Å². The molecule has 1 unspecified atom stereocenters. The quantitative estimate of drug-likeness (QED) is 0.491. The first-order valence-corrected chi connectivity index (χ1v) is 13.1. The van der Waals surface area contributed by atoms with Crippen molar-refractivity contribution < 1.29 is 14.0 Å². The highest BCUT2D eigenvalue weighted by Crippen LogP contribution is 2.38. The van der Waals surface area contributed by atoms with Crippen LogP contribution in [-0.4, -0.2) is 65.8 Å². The maximum atomic E-state index is 14.0. The van der Waals surface area contributed by atoms with Gasteiger partial charge in [0.2, 0.25) is 5.91 Å². The lowest BCUT2D eigenvalue weighted by molar-refractivity contribution is -0.133. The zero-order valence-electron chi connectivity index (χ0n) is 19.3. The van der Waals surface area contributed by atoms with Gasteiger partial charge in [-0.1, -0.05) is 23.7 Å². The van der Waals surface area contributed by atoms with Crippen LogP contribution in [0.5, 0.6) is 0 Å². The van der Waals surface area contributed by atoms with Crippen LogP contribution in [0.3, 0.4) is 0 Å². The minimum Gasteiger partial charge on any atom is -0.339 e. The molecular weight excluding hydrogens is 485 g/mol.